The summed E-state index contributed by atoms with van der Waals surface area (Å²) in [6, 6.07) is 4.98. The molecule has 1 N–H and O–H groups in total. The smallest absolute Gasteiger partial charge is 0.263 e. The third-order valence-electron chi connectivity index (χ3n) is 3.29. The molecule has 1 aromatic heterocycles. The highest BCUT2D eigenvalue weighted by Crippen LogP contribution is 2.27. The maximum absolute atomic E-state index is 12.7. The molecule has 0 bridgehead atoms. The third kappa shape index (κ3) is 2.39. The minimum absolute atomic E-state index is 0.135. The van der Waals surface area contributed by atoms with Gasteiger partial charge in [-0.05, 0) is 39.3 Å². The lowest BCUT2D eigenvalue weighted by atomic mass is 10.1. The highest BCUT2D eigenvalue weighted by atomic mass is 16.5. The van der Waals surface area contributed by atoms with Gasteiger partial charge in [0.2, 0.25) is 0 Å². The molecule has 5 nitrogen and oxygen atoms in total. The summed E-state index contributed by atoms with van der Waals surface area (Å²) in [7, 11) is 0. The van der Waals surface area contributed by atoms with Crippen molar-refractivity contribution >= 4 is 11.6 Å². The van der Waals surface area contributed by atoms with Crippen molar-refractivity contribution in [3.63, 3.8) is 0 Å². The third-order valence-corrected chi connectivity index (χ3v) is 3.29. The molecule has 0 saturated carbocycles. The fourth-order valence-electron chi connectivity index (χ4n) is 2.24. The molecule has 1 amide bonds. The molecule has 1 heterocycles. The van der Waals surface area contributed by atoms with Crippen molar-refractivity contribution in [3.05, 3.63) is 40.8 Å². The number of carbonyl (C=O) groups excluding carboxylic acids is 1. The molecule has 106 valence electrons. The van der Waals surface area contributed by atoms with Gasteiger partial charge in [0.25, 0.3) is 5.91 Å². The van der Waals surface area contributed by atoms with Gasteiger partial charge in [-0.3, -0.25) is 4.79 Å². The molecule has 2 rings (SSSR count). The minimum Gasteiger partial charge on any atom is -0.508 e. The van der Waals surface area contributed by atoms with Crippen LogP contribution in [-0.4, -0.2) is 22.7 Å². The van der Waals surface area contributed by atoms with Gasteiger partial charge in [0, 0.05) is 12.6 Å². The molecular weight excluding hydrogens is 256 g/mol. The first-order valence-corrected chi connectivity index (χ1v) is 6.50. The monoisotopic (exact) mass is 274 g/mol. The van der Waals surface area contributed by atoms with E-state index in [9.17, 15) is 9.90 Å². The fraction of sp³-hybridized carbons (Fsp3) is 0.333. The second-order valence-electron chi connectivity index (χ2n) is 4.72. The molecule has 0 unspecified atom stereocenters. The largest absolute Gasteiger partial charge is 0.508 e. The summed E-state index contributed by atoms with van der Waals surface area (Å²) < 4.78 is 5.05. The summed E-state index contributed by atoms with van der Waals surface area (Å²) in [6.45, 7) is 7.74. The SMILES string of the molecule is CCN(C(=O)c1c(C)noc1C)c1cc(O)ccc1C. The van der Waals surface area contributed by atoms with Gasteiger partial charge in [0.05, 0.1) is 11.4 Å². The van der Waals surface area contributed by atoms with Crippen LogP contribution >= 0.6 is 0 Å². The number of rotatable bonds is 3. The van der Waals surface area contributed by atoms with E-state index in [1.165, 1.54) is 0 Å². The van der Waals surface area contributed by atoms with Crippen molar-refractivity contribution in [2.45, 2.75) is 27.7 Å². The van der Waals surface area contributed by atoms with Crippen LogP contribution < -0.4 is 4.90 Å². The number of aromatic hydroxyl groups is 1. The van der Waals surface area contributed by atoms with E-state index in [1.54, 1.807) is 36.9 Å². The summed E-state index contributed by atoms with van der Waals surface area (Å²) >= 11 is 0. The molecule has 1 aromatic carbocycles. The summed E-state index contributed by atoms with van der Waals surface area (Å²) in [5.41, 5.74) is 2.67. The first kappa shape index (κ1) is 14.1. The van der Waals surface area contributed by atoms with Crippen LogP contribution in [0.3, 0.4) is 0 Å². The first-order chi connectivity index (χ1) is 9.45. The molecular formula is C15H18N2O3. The number of anilines is 1. The number of phenols is 1. The van der Waals surface area contributed by atoms with Crippen molar-refractivity contribution in [2.75, 3.05) is 11.4 Å². The summed E-state index contributed by atoms with van der Waals surface area (Å²) in [6.07, 6.45) is 0. The molecule has 20 heavy (non-hydrogen) atoms. The Kier molecular flexibility index (Phi) is 3.79. The average Bonchev–Trinajstić information content (AvgIpc) is 2.74. The van der Waals surface area contributed by atoms with Crippen LogP contribution in [0.15, 0.2) is 22.7 Å². The van der Waals surface area contributed by atoms with Crippen LogP contribution in [0.25, 0.3) is 0 Å². The van der Waals surface area contributed by atoms with Crippen LogP contribution in [0.1, 0.15) is 34.3 Å². The maximum atomic E-state index is 12.7. The second-order valence-corrected chi connectivity index (χ2v) is 4.72. The van der Waals surface area contributed by atoms with E-state index >= 15 is 0 Å². The molecule has 0 atom stereocenters. The van der Waals surface area contributed by atoms with E-state index < -0.39 is 0 Å². The fourth-order valence-corrected chi connectivity index (χ4v) is 2.24. The van der Waals surface area contributed by atoms with Gasteiger partial charge in [-0.25, -0.2) is 0 Å². The zero-order valence-corrected chi connectivity index (χ0v) is 12.1. The lowest BCUT2D eigenvalue weighted by Crippen LogP contribution is -2.31. The van der Waals surface area contributed by atoms with E-state index in [4.69, 9.17) is 4.52 Å². The van der Waals surface area contributed by atoms with Gasteiger partial charge in [0.1, 0.15) is 17.1 Å². The van der Waals surface area contributed by atoms with Crippen LogP contribution in [0.4, 0.5) is 5.69 Å². The Balaban J connectivity index is 2.47. The number of hydrogen-bond acceptors (Lipinski definition) is 4. The van der Waals surface area contributed by atoms with E-state index in [-0.39, 0.29) is 11.7 Å². The van der Waals surface area contributed by atoms with E-state index in [0.717, 1.165) is 5.56 Å². The second kappa shape index (κ2) is 5.36. The molecule has 0 spiro atoms. The summed E-state index contributed by atoms with van der Waals surface area (Å²) in [4.78, 5) is 14.3. The van der Waals surface area contributed by atoms with Crippen molar-refractivity contribution in [1.29, 1.82) is 0 Å². The number of nitrogens with zero attached hydrogens (tertiary/aromatic N) is 2. The quantitative estimate of drug-likeness (QED) is 0.934. The number of carbonyl (C=O) groups is 1. The number of aryl methyl sites for hydroxylation is 3. The molecule has 0 fully saturated rings. The maximum Gasteiger partial charge on any atom is 0.263 e. The Morgan fingerprint density at radius 3 is 2.60 bits per heavy atom. The number of amides is 1. The lowest BCUT2D eigenvalue weighted by Gasteiger charge is -2.23. The van der Waals surface area contributed by atoms with Gasteiger partial charge in [-0.15, -0.1) is 0 Å². The Labute approximate surface area is 117 Å². The van der Waals surface area contributed by atoms with Crippen LogP contribution in [-0.2, 0) is 0 Å². The van der Waals surface area contributed by atoms with Gasteiger partial charge < -0.3 is 14.5 Å². The summed E-state index contributed by atoms with van der Waals surface area (Å²) in [5.74, 6) is 0.469. The highest BCUT2D eigenvalue weighted by Gasteiger charge is 2.24. The predicted octanol–water partition coefficient (Wildman–Crippen LogP) is 2.97. The Morgan fingerprint density at radius 2 is 2.05 bits per heavy atom. The Hall–Kier alpha value is -2.30. The molecule has 0 aliphatic rings. The number of hydrogen-bond donors (Lipinski definition) is 1. The zero-order chi connectivity index (χ0) is 14.9. The van der Waals surface area contributed by atoms with Crippen molar-refractivity contribution in [1.82, 2.24) is 5.16 Å². The molecule has 0 radical (unpaired) electrons. The van der Waals surface area contributed by atoms with Gasteiger partial charge in [-0.2, -0.15) is 0 Å². The van der Waals surface area contributed by atoms with Crippen LogP contribution in [0.5, 0.6) is 5.75 Å². The Bertz CT molecular complexity index is 627. The Morgan fingerprint density at radius 1 is 1.35 bits per heavy atom. The molecule has 0 aliphatic heterocycles. The van der Waals surface area contributed by atoms with Crippen LogP contribution in [0.2, 0.25) is 0 Å². The van der Waals surface area contributed by atoms with E-state index in [2.05, 4.69) is 5.16 Å². The van der Waals surface area contributed by atoms with Crippen LogP contribution in [0, 0.1) is 20.8 Å². The minimum atomic E-state index is -0.169. The van der Waals surface area contributed by atoms with E-state index in [1.807, 2.05) is 13.8 Å². The van der Waals surface area contributed by atoms with E-state index in [0.29, 0.717) is 29.2 Å². The van der Waals surface area contributed by atoms with Crippen molar-refractivity contribution in [2.24, 2.45) is 0 Å². The van der Waals surface area contributed by atoms with Crippen molar-refractivity contribution < 1.29 is 14.4 Å². The number of phenolic OH excluding ortho intramolecular Hbond substituents is 1. The lowest BCUT2D eigenvalue weighted by molar-refractivity contribution is 0.0986. The molecule has 2 aromatic rings. The number of aromatic nitrogens is 1. The predicted molar refractivity (Wildman–Crippen MR) is 76.2 cm³/mol. The molecule has 5 heteroatoms. The van der Waals surface area contributed by atoms with Gasteiger partial charge in [0.15, 0.2) is 0 Å². The summed E-state index contributed by atoms with van der Waals surface area (Å²) in [5, 5.41) is 13.5. The number of benzene rings is 1. The van der Waals surface area contributed by atoms with Gasteiger partial charge in [-0.1, -0.05) is 11.2 Å². The standard InChI is InChI=1S/C15H18N2O3/c1-5-17(13-8-12(18)7-6-9(13)2)15(19)14-10(3)16-20-11(14)4/h6-8,18H,5H2,1-4H3. The average molecular weight is 274 g/mol. The molecule has 0 aliphatic carbocycles. The topological polar surface area (TPSA) is 66.6 Å². The normalized spacial score (nSPS) is 10.6. The van der Waals surface area contributed by atoms with Crippen molar-refractivity contribution in [3.8, 4) is 5.75 Å². The molecule has 0 saturated heterocycles. The van der Waals surface area contributed by atoms with Gasteiger partial charge >= 0.3 is 0 Å². The zero-order valence-electron chi connectivity index (χ0n) is 12.1. The first-order valence-electron chi connectivity index (χ1n) is 6.50. The highest BCUT2D eigenvalue weighted by molar-refractivity contribution is 6.07.